The average molecular weight is 628 g/mol. The maximum absolute atomic E-state index is 2.29. The largest absolute Gasteiger partial charge is 1.00 e. The fraction of sp³-hybridized carbons (Fsp3) is 0. The predicted octanol–water partition coefficient (Wildman–Crippen LogP) is 4.04. The first-order valence-electron chi connectivity index (χ1n) is 12.9. The molecule has 0 spiro atoms. The van der Waals surface area contributed by atoms with E-state index in [1.165, 1.54) is 39.2 Å². The van der Waals surface area contributed by atoms with Crippen LogP contribution in [0.3, 0.4) is 0 Å². The van der Waals surface area contributed by atoms with Crippen LogP contribution in [-0.4, -0.2) is 0 Å². The quantitative estimate of drug-likeness (QED) is 0.230. The van der Waals surface area contributed by atoms with E-state index in [0.29, 0.717) is 0 Å². The minimum Gasteiger partial charge on any atom is -1.00 e. The summed E-state index contributed by atoms with van der Waals surface area (Å²) in [5.41, 5.74) is 0. The summed E-state index contributed by atoms with van der Waals surface area (Å²) in [7, 11) is -0.245. The molecule has 0 fully saturated rings. The molecule has 0 aliphatic carbocycles. The monoisotopic (exact) mass is 626 g/mol. The molecule has 0 aliphatic rings. The van der Waals surface area contributed by atoms with Crippen molar-refractivity contribution in [3.8, 4) is 0 Å². The van der Waals surface area contributed by atoms with Crippen LogP contribution < -0.4 is 24.8 Å². The molecule has 6 rings (SSSR count). The van der Waals surface area contributed by atoms with Gasteiger partial charge in [0.15, 0.2) is 29.4 Å². The van der Waals surface area contributed by atoms with Gasteiger partial charge in [0.2, 0.25) is 0 Å². The summed E-state index contributed by atoms with van der Waals surface area (Å²) in [6, 6.07) is 61.5. The van der Waals surface area contributed by atoms with E-state index in [9.17, 15) is 0 Å². The molecule has 0 heterocycles. The maximum atomic E-state index is 2.29. The minimum atomic E-state index is -0.123. The topological polar surface area (TPSA) is 0 Å². The molecular formula is C36H28Cl2S3. The molecule has 41 heavy (non-hydrogen) atoms. The summed E-state index contributed by atoms with van der Waals surface area (Å²) in [4.78, 5) is 10.5. The number of halogens is 2. The third-order valence-corrected chi connectivity index (χ3v) is 11.7. The molecule has 0 nitrogen and oxygen atoms in total. The summed E-state index contributed by atoms with van der Waals surface area (Å²) in [5, 5.41) is 0. The Balaban J connectivity index is 0.00000194. The number of hydrogen-bond donors (Lipinski definition) is 0. The molecule has 0 saturated carbocycles. The summed E-state index contributed by atoms with van der Waals surface area (Å²) < 4.78 is 0. The molecule has 0 saturated heterocycles. The van der Waals surface area contributed by atoms with E-state index in [2.05, 4.69) is 170 Å². The van der Waals surface area contributed by atoms with Crippen LogP contribution in [0.15, 0.2) is 209 Å². The highest BCUT2D eigenvalue weighted by molar-refractivity contribution is 7.99. The van der Waals surface area contributed by atoms with Crippen molar-refractivity contribution in [2.75, 3.05) is 0 Å². The molecule has 204 valence electrons. The van der Waals surface area contributed by atoms with Crippen LogP contribution in [0.25, 0.3) is 0 Å². The second-order valence-corrected chi connectivity index (χ2v) is 14.1. The highest BCUT2D eigenvalue weighted by Gasteiger charge is 2.29. The van der Waals surface area contributed by atoms with E-state index in [4.69, 9.17) is 0 Å². The van der Waals surface area contributed by atoms with Crippen molar-refractivity contribution in [2.24, 2.45) is 0 Å². The van der Waals surface area contributed by atoms with Crippen LogP contribution in [0.5, 0.6) is 0 Å². The molecule has 0 unspecified atom stereocenters. The SMILES string of the molecule is [Cl-].[Cl-].c1ccc([S+](c2ccccc2)c2ccc(Sc3ccc([S+](c4ccccc4)c4ccccc4)cc3)cc2)cc1. The van der Waals surface area contributed by atoms with Gasteiger partial charge in [-0.25, -0.2) is 0 Å². The molecule has 0 amide bonds. The Morgan fingerprint density at radius 3 is 0.732 bits per heavy atom. The first-order valence-corrected chi connectivity index (χ1v) is 16.2. The van der Waals surface area contributed by atoms with Gasteiger partial charge in [-0.05, 0) is 97.1 Å². The van der Waals surface area contributed by atoms with Crippen molar-refractivity contribution in [3.05, 3.63) is 170 Å². The van der Waals surface area contributed by atoms with Gasteiger partial charge in [0.05, 0.1) is 21.8 Å². The van der Waals surface area contributed by atoms with Crippen LogP contribution in [0.1, 0.15) is 0 Å². The van der Waals surface area contributed by atoms with E-state index in [1.54, 1.807) is 0 Å². The molecule has 0 bridgehead atoms. The highest BCUT2D eigenvalue weighted by Crippen LogP contribution is 2.36. The number of hydrogen-bond acceptors (Lipinski definition) is 1. The van der Waals surface area contributed by atoms with Crippen molar-refractivity contribution in [2.45, 2.75) is 39.2 Å². The first kappa shape index (κ1) is 30.9. The maximum Gasteiger partial charge on any atom is 0.166 e. The van der Waals surface area contributed by atoms with E-state index in [1.807, 2.05) is 11.8 Å². The Hall–Kier alpha value is -3.05. The molecule has 6 aromatic carbocycles. The lowest BCUT2D eigenvalue weighted by molar-refractivity contribution is -0.001000. The van der Waals surface area contributed by atoms with Crippen LogP contribution in [-0.2, 0) is 21.8 Å². The van der Waals surface area contributed by atoms with Gasteiger partial charge in [-0.15, -0.1) is 0 Å². The van der Waals surface area contributed by atoms with Crippen molar-refractivity contribution >= 4 is 33.6 Å². The zero-order valence-corrected chi connectivity index (χ0v) is 26.1. The van der Waals surface area contributed by atoms with Crippen LogP contribution in [0.4, 0.5) is 0 Å². The fourth-order valence-corrected chi connectivity index (χ4v) is 9.45. The molecule has 0 atom stereocenters. The van der Waals surface area contributed by atoms with Gasteiger partial charge >= 0.3 is 0 Å². The molecule has 0 aliphatic heterocycles. The van der Waals surface area contributed by atoms with Gasteiger partial charge in [-0.3, -0.25) is 0 Å². The Kier molecular flexibility index (Phi) is 11.5. The van der Waals surface area contributed by atoms with Crippen LogP contribution in [0.2, 0.25) is 0 Å². The third kappa shape index (κ3) is 7.62. The highest BCUT2D eigenvalue weighted by atomic mass is 35.5. The molecule has 0 radical (unpaired) electrons. The smallest absolute Gasteiger partial charge is 0.166 e. The predicted molar refractivity (Wildman–Crippen MR) is 167 cm³/mol. The van der Waals surface area contributed by atoms with Crippen molar-refractivity contribution < 1.29 is 24.8 Å². The first-order chi connectivity index (χ1) is 19.3. The second kappa shape index (κ2) is 15.3. The van der Waals surface area contributed by atoms with Gasteiger partial charge in [-0.1, -0.05) is 84.6 Å². The summed E-state index contributed by atoms with van der Waals surface area (Å²) in [6.45, 7) is 0. The lowest BCUT2D eigenvalue weighted by Crippen LogP contribution is -3.00. The second-order valence-electron chi connectivity index (χ2n) is 8.91. The Morgan fingerprint density at radius 1 is 0.268 bits per heavy atom. The van der Waals surface area contributed by atoms with Gasteiger partial charge in [0, 0.05) is 9.79 Å². The number of rotatable bonds is 8. The van der Waals surface area contributed by atoms with Crippen molar-refractivity contribution in [1.29, 1.82) is 0 Å². The van der Waals surface area contributed by atoms with Gasteiger partial charge < -0.3 is 24.8 Å². The zero-order chi connectivity index (χ0) is 26.3. The van der Waals surface area contributed by atoms with E-state index in [-0.39, 0.29) is 46.6 Å². The summed E-state index contributed by atoms with van der Waals surface area (Å²) in [5.74, 6) is 0. The average Bonchev–Trinajstić information content (AvgIpc) is 3.01. The molecule has 0 N–H and O–H groups in total. The molecular weight excluding hydrogens is 600 g/mol. The lowest BCUT2D eigenvalue weighted by Gasteiger charge is -2.10. The van der Waals surface area contributed by atoms with E-state index < -0.39 is 0 Å². The van der Waals surface area contributed by atoms with Gasteiger partial charge in [0.1, 0.15) is 0 Å². The zero-order valence-electron chi connectivity index (χ0n) is 22.1. The summed E-state index contributed by atoms with van der Waals surface area (Å²) >= 11 is 1.82. The normalized spacial score (nSPS) is 10.6. The third-order valence-electron chi connectivity index (χ3n) is 6.27. The van der Waals surface area contributed by atoms with Crippen LogP contribution in [0, 0.1) is 0 Å². The standard InChI is InChI=1S/C36H28S3.2ClH/c1-5-13-31(14-6-1)38(32-15-7-2-8-16-32)35-25-21-29(22-26-35)37-30-23-27-36(28-24-30)39(33-17-9-3-10-18-33)34-19-11-4-12-20-34;;/h1-28H;2*1H/q+2;;/p-2. The number of benzene rings is 6. The van der Waals surface area contributed by atoms with E-state index >= 15 is 0 Å². The van der Waals surface area contributed by atoms with Gasteiger partial charge in [0.25, 0.3) is 0 Å². The Labute approximate surface area is 265 Å². The lowest BCUT2D eigenvalue weighted by atomic mass is 10.3. The minimum absolute atomic E-state index is 0. The van der Waals surface area contributed by atoms with Crippen LogP contribution >= 0.6 is 11.8 Å². The Bertz CT molecular complexity index is 1390. The van der Waals surface area contributed by atoms with Gasteiger partial charge in [-0.2, -0.15) is 0 Å². The fourth-order valence-electron chi connectivity index (χ4n) is 4.47. The van der Waals surface area contributed by atoms with Crippen molar-refractivity contribution in [1.82, 2.24) is 0 Å². The van der Waals surface area contributed by atoms with E-state index in [0.717, 1.165) is 0 Å². The molecule has 5 heteroatoms. The molecule has 0 aromatic heterocycles. The molecule has 6 aromatic rings. The summed E-state index contributed by atoms with van der Waals surface area (Å²) in [6.07, 6.45) is 0. The van der Waals surface area contributed by atoms with Crippen molar-refractivity contribution in [3.63, 3.8) is 0 Å². The Morgan fingerprint density at radius 2 is 0.488 bits per heavy atom.